The molecule has 2 rings (SSSR count). The lowest BCUT2D eigenvalue weighted by molar-refractivity contribution is 0.397. The van der Waals surface area contributed by atoms with Gasteiger partial charge in [-0.1, -0.05) is 25.3 Å². The molecule has 1 saturated carbocycles. The molecule has 0 saturated heterocycles. The highest BCUT2D eigenvalue weighted by atomic mass is 127. The quantitative estimate of drug-likeness (QED) is 0.471. The number of pyridine rings is 1. The summed E-state index contributed by atoms with van der Waals surface area (Å²) in [5.74, 6) is 1.14. The number of halogens is 1. The molecule has 0 atom stereocenters. The number of hydrogen-bond donors (Lipinski definition) is 2. The third-order valence-corrected chi connectivity index (χ3v) is 3.40. The van der Waals surface area contributed by atoms with Crippen molar-refractivity contribution in [1.29, 1.82) is 0 Å². The second kappa shape index (κ2) is 8.99. The molecule has 1 aromatic heterocycles. The normalized spacial score (nSPS) is 16.4. The largest absolute Gasteiger partial charge is 0.481 e. The molecule has 0 spiro atoms. The fourth-order valence-corrected chi connectivity index (χ4v) is 2.30. The van der Waals surface area contributed by atoms with Gasteiger partial charge in [0, 0.05) is 18.3 Å². The lowest BCUT2D eigenvalue weighted by atomic mass is 9.96. The molecule has 1 fully saturated rings. The number of aliphatic imine (C=N–C) groups is 1. The van der Waals surface area contributed by atoms with Crippen molar-refractivity contribution in [3.63, 3.8) is 0 Å². The molecular formula is C14H23IN4O. The number of nitrogens with zero attached hydrogens (tertiary/aromatic N) is 2. The summed E-state index contributed by atoms with van der Waals surface area (Å²) in [4.78, 5) is 8.48. The summed E-state index contributed by atoms with van der Waals surface area (Å²) < 4.78 is 5.01. The Balaban J connectivity index is 0.00000200. The maximum atomic E-state index is 5.90. The first-order chi connectivity index (χ1) is 9.28. The molecule has 5 nitrogen and oxygen atoms in total. The molecule has 112 valence electrons. The molecule has 0 amide bonds. The van der Waals surface area contributed by atoms with Crippen LogP contribution in [0.4, 0.5) is 0 Å². The number of rotatable bonds is 4. The van der Waals surface area contributed by atoms with Gasteiger partial charge >= 0.3 is 0 Å². The Morgan fingerprint density at radius 3 is 2.75 bits per heavy atom. The molecule has 3 N–H and O–H groups in total. The molecule has 20 heavy (non-hydrogen) atoms. The van der Waals surface area contributed by atoms with E-state index in [0.717, 1.165) is 5.56 Å². The lowest BCUT2D eigenvalue weighted by Crippen LogP contribution is -2.41. The number of guanidine groups is 1. The third kappa shape index (κ3) is 5.52. The molecule has 0 unspecified atom stereocenters. The van der Waals surface area contributed by atoms with Gasteiger partial charge in [-0.3, -0.25) is 0 Å². The molecular weight excluding hydrogens is 367 g/mol. The zero-order valence-corrected chi connectivity index (χ0v) is 14.2. The Kier molecular flexibility index (Phi) is 7.64. The molecule has 6 heteroatoms. The van der Waals surface area contributed by atoms with Gasteiger partial charge in [0.2, 0.25) is 5.88 Å². The molecule has 1 aliphatic carbocycles. The van der Waals surface area contributed by atoms with Crippen molar-refractivity contribution in [2.45, 2.75) is 44.7 Å². The van der Waals surface area contributed by atoms with Crippen LogP contribution < -0.4 is 15.8 Å². The molecule has 0 bridgehead atoms. The van der Waals surface area contributed by atoms with E-state index in [1.165, 1.54) is 32.1 Å². The van der Waals surface area contributed by atoms with E-state index in [9.17, 15) is 0 Å². The van der Waals surface area contributed by atoms with E-state index in [1.54, 1.807) is 13.3 Å². The van der Waals surface area contributed by atoms with Gasteiger partial charge in [-0.25, -0.2) is 9.98 Å². The topological polar surface area (TPSA) is 72.5 Å². The van der Waals surface area contributed by atoms with E-state index in [1.807, 2.05) is 12.1 Å². The summed E-state index contributed by atoms with van der Waals surface area (Å²) in [7, 11) is 1.60. The van der Waals surface area contributed by atoms with Crippen LogP contribution in [0, 0.1) is 0 Å². The van der Waals surface area contributed by atoms with E-state index in [-0.39, 0.29) is 24.0 Å². The Hall–Kier alpha value is -1.05. The third-order valence-electron chi connectivity index (χ3n) is 3.40. The first-order valence-corrected chi connectivity index (χ1v) is 6.83. The van der Waals surface area contributed by atoms with Gasteiger partial charge in [0.05, 0.1) is 13.7 Å². The molecule has 1 aromatic rings. The van der Waals surface area contributed by atoms with Crippen LogP contribution in [0.5, 0.6) is 5.88 Å². The average molecular weight is 390 g/mol. The minimum absolute atomic E-state index is 0. The number of ether oxygens (including phenoxy) is 1. The van der Waals surface area contributed by atoms with Crippen LogP contribution in [0.25, 0.3) is 0 Å². The van der Waals surface area contributed by atoms with Crippen LogP contribution in [-0.2, 0) is 6.54 Å². The first kappa shape index (κ1) is 17.0. The zero-order valence-electron chi connectivity index (χ0n) is 11.8. The van der Waals surface area contributed by atoms with Crippen molar-refractivity contribution in [2.24, 2.45) is 10.7 Å². The Morgan fingerprint density at radius 1 is 1.40 bits per heavy atom. The monoisotopic (exact) mass is 390 g/mol. The highest BCUT2D eigenvalue weighted by molar-refractivity contribution is 14.0. The van der Waals surface area contributed by atoms with Crippen LogP contribution in [-0.4, -0.2) is 24.1 Å². The lowest BCUT2D eigenvalue weighted by Gasteiger charge is -2.23. The summed E-state index contributed by atoms with van der Waals surface area (Å²) in [5.41, 5.74) is 6.92. The highest BCUT2D eigenvalue weighted by Crippen LogP contribution is 2.17. The molecule has 1 aliphatic rings. The highest BCUT2D eigenvalue weighted by Gasteiger charge is 2.13. The summed E-state index contributed by atoms with van der Waals surface area (Å²) in [6.45, 7) is 0.544. The summed E-state index contributed by atoms with van der Waals surface area (Å²) in [6, 6.07) is 4.27. The number of hydrogen-bond acceptors (Lipinski definition) is 3. The Morgan fingerprint density at radius 2 is 2.15 bits per heavy atom. The molecule has 0 radical (unpaired) electrons. The van der Waals surface area contributed by atoms with Crippen LogP contribution >= 0.6 is 24.0 Å². The Labute approximate surface area is 137 Å². The summed E-state index contributed by atoms with van der Waals surface area (Å²) >= 11 is 0. The predicted octanol–water partition coefficient (Wildman–Crippen LogP) is 2.45. The van der Waals surface area contributed by atoms with Crippen molar-refractivity contribution in [3.8, 4) is 5.88 Å². The maximum Gasteiger partial charge on any atom is 0.212 e. The van der Waals surface area contributed by atoms with Crippen molar-refractivity contribution < 1.29 is 4.74 Å². The minimum atomic E-state index is 0. The van der Waals surface area contributed by atoms with Crippen LogP contribution in [0.3, 0.4) is 0 Å². The average Bonchev–Trinajstić information content (AvgIpc) is 2.47. The van der Waals surface area contributed by atoms with E-state index in [0.29, 0.717) is 24.4 Å². The van der Waals surface area contributed by atoms with Gasteiger partial charge in [0.15, 0.2) is 5.96 Å². The molecule has 0 aromatic carbocycles. The van der Waals surface area contributed by atoms with Gasteiger partial charge in [0.1, 0.15) is 0 Å². The van der Waals surface area contributed by atoms with E-state index < -0.39 is 0 Å². The fraction of sp³-hybridized carbons (Fsp3) is 0.571. The van der Waals surface area contributed by atoms with Crippen LogP contribution in [0.2, 0.25) is 0 Å². The number of aromatic nitrogens is 1. The van der Waals surface area contributed by atoms with Gasteiger partial charge in [-0.15, -0.1) is 24.0 Å². The van der Waals surface area contributed by atoms with E-state index >= 15 is 0 Å². The van der Waals surface area contributed by atoms with Crippen LogP contribution in [0.1, 0.15) is 37.7 Å². The SMILES string of the molecule is COc1ccc(CN=C(N)NC2CCCCC2)cn1.I. The first-order valence-electron chi connectivity index (χ1n) is 6.83. The molecule has 0 aliphatic heterocycles. The standard InChI is InChI=1S/C14H22N4O.HI/c1-19-13-8-7-11(9-16-13)10-17-14(15)18-12-5-3-2-4-6-12;/h7-9,12H,2-6,10H2,1H3,(H3,15,17,18);1H. The maximum absolute atomic E-state index is 5.90. The van der Waals surface area contributed by atoms with Gasteiger partial charge < -0.3 is 15.8 Å². The van der Waals surface area contributed by atoms with E-state index in [4.69, 9.17) is 10.5 Å². The second-order valence-corrected chi connectivity index (χ2v) is 4.89. The van der Waals surface area contributed by atoms with Crippen molar-refractivity contribution in [2.75, 3.05) is 7.11 Å². The predicted molar refractivity (Wildman–Crippen MR) is 91.5 cm³/mol. The fourth-order valence-electron chi connectivity index (χ4n) is 2.30. The number of nitrogens with two attached hydrogens (primary N) is 1. The summed E-state index contributed by atoms with van der Waals surface area (Å²) in [5, 5.41) is 3.29. The van der Waals surface area contributed by atoms with Crippen molar-refractivity contribution in [1.82, 2.24) is 10.3 Å². The van der Waals surface area contributed by atoms with Crippen molar-refractivity contribution >= 4 is 29.9 Å². The minimum Gasteiger partial charge on any atom is -0.481 e. The van der Waals surface area contributed by atoms with Crippen molar-refractivity contribution in [3.05, 3.63) is 23.9 Å². The number of methoxy groups -OCH3 is 1. The summed E-state index contributed by atoms with van der Waals surface area (Å²) in [6.07, 6.45) is 8.06. The van der Waals surface area contributed by atoms with Gasteiger partial charge in [-0.05, 0) is 18.4 Å². The van der Waals surface area contributed by atoms with Gasteiger partial charge in [-0.2, -0.15) is 0 Å². The van der Waals surface area contributed by atoms with E-state index in [2.05, 4.69) is 15.3 Å². The zero-order chi connectivity index (χ0) is 13.5. The number of nitrogens with one attached hydrogen (secondary N) is 1. The second-order valence-electron chi connectivity index (χ2n) is 4.89. The molecule has 1 heterocycles. The van der Waals surface area contributed by atoms with Gasteiger partial charge in [0.25, 0.3) is 0 Å². The van der Waals surface area contributed by atoms with Crippen LogP contribution in [0.15, 0.2) is 23.3 Å². The Bertz CT molecular complexity index is 416. The smallest absolute Gasteiger partial charge is 0.212 e.